The second-order valence-corrected chi connectivity index (χ2v) is 3.87. The number of fused-ring (bicyclic) bond motifs is 1. The van der Waals surface area contributed by atoms with Gasteiger partial charge in [0, 0.05) is 6.54 Å². The minimum Gasteiger partial charge on any atom is -0.484 e. The Morgan fingerprint density at radius 2 is 2.19 bits per heavy atom. The van der Waals surface area contributed by atoms with Crippen LogP contribution in [0.4, 0.5) is 0 Å². The fraction of sp³-hybridized carbons (Fsp3) is 0.364. The van der Waals surface area contributed by atoms with Gasteiger partial charge in [0.15, 0.2) is 16.6 Å². The SMILES string of the molecule is CCN(C(N)=S)C1COc2ccccc2O1. The van der Waals surface area contributed by atoms with Crippen molar-refractivity contribution < 1.29 is 9.47 Å². The number of likely N-dealkylation sites (N-methyl/N-ethyl adjacent to an activating group) is 1. The second kappa shape index (κ2) is 4.57. The van der Waals surface area contributed by atoms with Crippen molar-refractivity contribution in [3.8, 4) is 11.5 Å². The van der Waals surface area contributed by atoms with Crippen molar-refractivity contribution in [1.29, 1.82) is 0 Å². The van der Waals surface area contributed by atoms with Crippen LogP contribution in [-0.2, 0) is 0 Å². The van der Waals surface area contributed by atoms with Crippen LogP contribution in [-0.4, -0.2) is 29.4 Å². The molecule has 2 rings (SSSR count). The monoisotopic (exact) mass is 238 g/mol. The smallest absolute Gasteiger partial charge is 0.208 e. The fourth-order valence-electron chi connectivity index (χ4n) is 1.66. The minimum absolute atomic E-state index is 0.239. The summed E-state index contributed by atoms with van der Waals surface area (Å²) < 4.78 is 11.4. The van der Waals surface area contributed by atoms with E-state index in [2.05, 4.69) is 0 Å². The summed E-state index contributed by atoms with van der Waals surface area (Å²) in [7, 11) is 0. The van der Waals surface area contributed by atoms with E-state index < -0.39 is 0 Å². The number of para-hydroxylation sites is 2. The van der Waals surface area contributed by atoms with Gasteiger partial charge in [-0.15, -0.1) is 0 Å². The van der Waals surface area contributed by atoms with Crippen molar-refractivity contribution in [3.05, 3.63) is 24.3 Å². The number of nitrogens with zero attached hydrogens (tertiary/aromatic N) is 1. The predicted octanol–water partition coefficient (Wildman–Crippen LogP) is 1.35. The van der Waals surface area contributed by atoms with Crippen molar-refractivity contribution in [3.63, 3.8) is 0 Å². The molecular weight excluding hydrogens is 224 g/mol. The Kier molecular flexibility index (Phi) is 3.14. The number of hydrogen-bond donors (Lipinski definition) is 1. The van der Waals surface area contributed by atoms with Crippen LogP contribution >= 0.6 is 12.2 Å². The molecule has 1 heterocycles. The van der Waals surface area contributed by atoms with Crippen LogP contribution in [0.25, 0.3) is 0 Å². The Labute approximate surface area is 99.9 Å². The molecule has 1 atom stereocenters. The van der Waals surface area contributed by atoms with Crippen LogP contribution in [0, 0.1) is 0 Å². The maximum atomic E-state index is 5.78. The largest absolute Gasteiger partial charge is 0.484 e. The summed E-state index contributed by atoms with van der Waals surface area (Å²) in [6, 6.07) is 7.56. The van der Waals surface area contributed by atoms with Gasteiger partial charge in [0.05, 0.1) is 0 Å². The van der Waals surface area contributed by atoms with Gasteiger partial charge in [-0.05, 0) is 31.3 Å². The highest BCUT2D eigenvalue weighted by Crippen LogP contribution is 2.31. The Morgan fingerprint density at radius 3 is 2.81 bits per heavy atom. The molecule has 16 heavy (non-hydrogen) atoms. The average Bonchev–Trinajstić information content (AvgIpc) is 2.29. The lowest BCUT2D eigenvalue weighted by Crippen LogP contribution is -2.50. The molecule has 0 aromatic heterocycles. The quantitative estimate of drug-likeness (QED) is 0.788. The molecule has 0 fully saturated rings. The van der Waals surface area contributed by atoms with Gasteiger partial charge in [0.25, 0.3) is 0 Å². The topological polar surface area (TPSA) is 47.7 Å². The number of ether oxygens (including phenoxy) is 2. The summed E-state index contributed by atoms with van der Waals surface area (Å²) in [5, 5.41) is 0.329. The van der Waals surface area contributed by atoms with E-state index in [1.165, 1.54) is 0 Å². The number of benzene rings is 1. The van der Waals surface area contributed by atoms with Crippen LogP contribution in [0.2, 0.25) is 0 Å². The summed E-state index contributed by atoms with van der Waals surface area (Å²) in [5.41, 5.74) is 5.62. The van der Waals surface area contributed by atoms with Gasteiger partial charge in [0.1, 0.15) is 6.61 Å². The number of nitrogens with two attached hydrogens (primary N) is 1. The minimum atomic E-state index is -0.239. The zero-order valence-electron chi connectivity index (χ0n) is 9.05. The fourth-order valence-corrected chi connectivity index (χ4v) is 1.91. The Hall–Kier alpha value is -1.49. The zero-order valence-corrected chi connectivity index (χ0v) is 9.87. The highest BCUT2D eigenvalue weighted by molar-refractivity contribution is 7.80. The normalized spacial score (nSPS) is 17.9. The van der Waals surface area contributed by atoms with Crippen molar-refractivity contribution in [2.75, 3.05) is 13.2 Å². The first-order valence-corrected chi connectivity index (χ1v) is 5.57. The Bertz CT molecular complexity index is 397. The lowest BCUT2D eigenvalue weighted by molar-refractivity contribution is 0.0106. The molecule has 1 aromatic rings. The molecule has 1 aromatic carbocycles. The molecule has 1 aliphatic rings. The maximum absolute atomic E-state index is 5.78. The lowest BCUT2D eigenvalue weighted by atomic mass is 10.3. The second-order valence-electron chi connectivity index (χ2n) is 3.45. The van der Waals surface area contributed by atoms with Crippen molar-refractivity contribution in [2.45, 2.75) is 13.2 Å². The van der Waals surface area contributed by atoms with Gasteiger partial charge in [-0.25, -0.2) is 0 Å². The first-order valence-electron chi connectivity index (χ1n) is 5.17. The zero-order chi connectivity index (χ0) is 11.5. The van der Waals surface area contributed by atoms with Crippen molar-refractivity contribution in [2.24, 2.45) is 5.73 Å². The summed E-state index contributed by atoms with van der Waals surface area (Å²) in [6.45, 7) is 3.11. The van der Waals surface area contributed by atoms with Gasteiger partial charge in [0.2, 0.25) is 6.23 Å². The van der Waals surface area contributed by atoms with E-state index in [1.54, 1.807) is 4.90 Å². The third kappa shape index (κ3) is 2.04. The van der Waals surface area contributed by atoms with E-state index in [-0.39, 0.29) is 6.23 Å². The molecule has 0 spiro atoms. The van der Waals surface area contributed by atoms with E-state index in [1.807, 2.05) is 31.2 Å². The summed E-state index contributed by atoms with van der Waals surface area (Å²) >= 11 is 4.96. The first kappa shape index (κ1) is 11.0. The molecule has 0 saturated carbocycles. The van der Waals surface area contributed by atoms with E-state index in [0.29, 0.717) is 18.3 Å². The molecule has 0 amide bonds. The van der Waals surface area contributed by atoms with Gasteiger partial charge >= 0.3 is 0 Å². The molecule has 0 bridgehead atoms. The standard InChI is InChI=1S/C11H14N2O2S/c1-2-13(11(12)16)10-7-14-8-5-3-4-6-9(8)15-10/h3-6,10H,2,7H2,1H3,(H2,12,16). The lowest BCUT2D eigenvalue weighted by Gasteiger charge is -2.34. The number of hydrogen-bond acceptors (Lipinski definition) is 3. The predicted molar refractivity (Wildman–Crippen MR) is 65.5 cm³/mol. The summed E-state index contributed by atoms with van der Waals surface area (Å²) in [6.07, 6.45) is -0.239. The molecule has 0 radical (unpaired) electrons. The molecule has 1 unspecified atom stereocenters. The van der Waals surface area contributed by atoms with E-state index >= 15 is 0 Å². The van der Waals surface area contributed by atoms with Crippen LogP contribution in [0.1, 0.15) is 6.92 Å². The van der Waals surface area contributed by atoms with Crippen LogP contribution in [0.5, 0.6) is 11.5 Å². The molecule has 5 heteroatoms. The molecule has 86 valence electrons. The molecule has 0 saturated heterocycles. The molecule has 4 nitrogen and oxygen atoms in total. The third-order valence-electron chi connectivity index (χ3n) is 2.46. The van der Waals surface area contributed by atoms with E-state index in [9.17, 15) is 0 Å². The van der Waals surface area contributed by atoms with Crippen LogP contribution in [0.15, 0.2) is 24.3 Å². The summed E-state index contributed by atoms with van der Waals surface area (Å²) in [5.74, 6) is 1.49. The average molecular weight is 238 g/mol. The van der Waals surface area contributed by atoms with E-state index in [0.717, 1.165) is 11.5 Å². The maximum Gasteiger partial charge on any atom is 0.208 e. The van der Waals surface area contributed by atoms with Gasteiger partial charge < -0.3 is 20.1 Å². The van der Waals surface area contributed by atoms with Gasteiger partial charge in [-0.2, -0.15) is 0 Å². The molecule has 2 N–H and O–H groups in total. The van der Waals surface area contributed by atoms with Gasteiger partial charge in [-0.1, -0.05) is 12.1 Å². The number of rotatable bonds is 2. The van der Waals surface area contributed by atoms with Crippen LogP contribution < -0.4 is 15.2 Å². The van der Waals surface area contributed by atoms with Gasteiger partial charge in [-0.3, -0.25) is 0 Å². The number of thiocarbonyl (C=S) groups is 1. The van der Waals surface area contributed by atoms with Crippen molar-refractivity contribution in [1.82, 2.24) is 4.90 Å². The Balaban J connectivity index is 2.15. The molecule has 1 aliphatic heterocycles. The molecular formula is C11H14N2O2S. The first-order chi connectivity index (χ1) is 7.72. The Morgan fingerprint density at radius 1 is 1.50 bits per heavy atom. The third-order valence-corrected chi connectivity index (χ3v) is 2.70. The van der Waals surface area contributed by atoms with Crippen LogP contribution in [0.3, 0.4) is 0 Å². The van der Waals surface area contributed by atoms with E-state index in [4.69, 9.17) is 27.4 Å². The highest BCUT2D eigenvalue weighted by atomic mass is 32.1. The van der Waals surface area contributed by atoms with Crippen molar-refractivity contribution >= 4 is 17.3 Å². The molecule has 0 aliphatic carbocycles. The highest BCUT2D eigenvalue weighted by Gasteiger charge is 2.26. The summed E-state index contributed by atoms with van der Waals surface area (Å²) in [4.78, 5) is 1.80.